The van der Waals surface area contributed by atoms with E-state index >= 15 is 0 Å². The van der Waals surface area contributed by atoms with Crippen LogP contribution in [0.1, 0.15) is 16.1 Å². The Bertz CT molecular complexity index is 901. The Morgan fingerprint density at radius 1 is 1.30 bits per heavy atom. The summed E-state index contributed by atoms with van der Waals surface area (Å²) in [5.74, 6) is 0.322. The first-order valence-electron chi connectivity index (χ1n) is 6.87. The van der Waals surface area contributed by atoms with Gasteiger partial charge in [0.05, 0.1) is 12.1 Å². The number of hydrogen-bond acceptors (Lipinski definition) is 4. The highest BCUT2D eigenvalue weighted by atomic mass is 35.5. The summed E-state index contributed by atoms with van der Waals surface area (Å²) in [5.41, 5.74) is 1.72. The van der Waals surface area contributed by atoms with Crippen LogP contribution in [0.4, 0.5) is 5.69 Å². The van der Waals surface area contributed by atoms with Crippen molar-refractivity contribution in [3.63, 3.8) is 0 Å². The van der Waals surface area contributed by atoms with Gasteiger partial charge in [-0.05, 0) is 31.2 Å². The van der Waals surface area contributed by atoms with E-state index in [1.165, 1.54) is 12.1 Å². The second-order valence-corrected chi connectivity index (χ2v) is 5.42. The number of aryl methyl sites for hydroxylation is 1. The zero-order valence-electron chi connectivity index (χ0n) is 12.5. The first kappa shape index (κ1) is 15.2. The van der Waals surface area contributed by atoms with E-state index in [1.54, 1.807) is 19.2 Å². The maximum atomic E-state index is 12.4. The van der Waals surface area contributed by atoms with Crippen molar-refractivity contribution in [2.75, 3.05) is 12.4 Å². The van der Waals surface area contributed by atoms with Gasteiger partial charge < -0.3 is 19.6 Å². The number of nitrogens with one attached hydrogen (secondary N) is 1. The van der Waals surface area contributed by atoms with Crippen LogP contribution < -0.4 is 10.1 Å². The molecule has 3 rings (SSSR count). The van der Waals surface area contributed by atoms with E-state index in [2.05, 4.69) is 5.32 Å². The summed E-state index contributed by atoms with van der Waals surface area (Å²) >= 11 is 5.84. The third kappa shape index (κ3) is 2.71. The minimum absolute atomic E-state index is 0.0469. The highest BCUT2D eigenvalue weighted by Gasteiger charge is 2.20. The third-order valence-corrected chi connectivity index (χ3v) is 3.86. The minimum atomic E-state index is -0.400. The fourth-order valence-electron chi connectivity index (χ4n) is 2.37. The summed E-state index contributed by atoms with van der Waals surface area (Å²) in [7, 11) is 1.55. The van der Waals surface area contributed by atoms with Crippen LogP contribution in [0.3, 0.4) is 0 Å². The summed E-state index contributed by atoms with van der Waals surface area (Å²) < 4.78 is 10.9. The molecule has 0 aliphatic rings. The van der Waals surface area contributed by atoms with Crippen molar-refractivity contribution in [2.45, 2.75) is 6.92 Å². The lowest BCUT2D eigenvalue weighted by atomic mass is 10.1. The Balaban J connectivity index is 1.97. The van der Waals surface area contributed by atoms with Gasteiger partial charge in [-0.1, -0.05) is 23.7 Å². The van der Waals surface area contributed by atoms with Crippen LogP contribution in [-0.2, 0) is 0 Å². The summed E-state index contributed by atoms with van der Waals surface area (Å²) in [5, 5.41) is 13.1. The van der Waals surface area contributed by atoms with Crippen molar-refractivity contribution in [1.82, 2.24) is 0 Å². The second kappa shape index (κ2) is 5.85. The Morgan fingerprint density at radius 3 is 2.78 bits per heavy atom. The molecule has 1 aromatic heterocycles. The van der Waals surface area contributed by atoms with Crippen LogP contribution in [0.25, 0.3) is 11.0 Å². The zero-order valence-corrected chi connectivity index (χ0v) is 13.3. The van der Waals surface area contributed by atoms with Gasteiger partial charge in [0, 0.05) is 16.6 Å². The van der Waals surface area contributed by atoms with E-state index in [0.29, 0.717) is 17.0 Å². The van der Waals surface area contributed by atoms with Gasteiger partial charge in [0.2, 0.25) is 0 Å². The number of phenols is 1. The van der Waals surface area contributed by atoms with Crippen molar-refractivity contribution < 1.29 is 19.1 Å². The van der Waals surface area contributed by atoms with Gasteiger partial charge in [-0.25, -0.2) is 0 Å². The van der Waals surface area contributed by atoms with Gasteiger partial charge >= 0.3 is 0 Å². The normalized spacial score (nSPS) is 10.7. The van der Waals surface area contributed by atoms with E-state index in [0.717, 1.165) is 10.9 Å². The lowest BCUT2D eigenvalue weighted by Crippen LogP contribution is -2.12. The van der Waals surface area contributed by atoms with Gasteiger partial charge in [0.15, 0.2) is 17.1 Å². The van der Waals surface area contributed by atoms with Crippen molar-refractivity contribution in [2.24, 2.45) is 0 Å². The van der Waals surface area contributed by atoms with Crippen LogP contribution >= 0.6 is 11.6 Å². The van der Waals surface area contributed by atoms with E-state index < -0.39 is 5.91 Å². The molecule has 2 aromatic carbocycles. The highest BCUT2D eigenvalue weighted by molar-refractivity contribution is 6.32. The fourth-order valence-corrected chi connectivity index (χ4v) is 2.55. The summed E-state index contributed by atoms with van der Waals surface area (Å²) in [6.45, 7) is 1.81. The first-order chi connectivity index (χ1) is 11.0. The average Bonchev–Trinajstić information content (AvgIpc) is 2.88. The van der Waals surface area contributed by atoms with Crippen LogP contribution in [0, 0.1) is 6.92 Å². The number of furan rings is 1. The van der Waals surface area contributed by atoms with Crippen molar-refractivity contribution >= 4 is 34.2 Å². The largest absolute Gasteiger partial charge is 0.506 e. The summed E-state index contributed by atoms with van der Waals surface area (Å²) in [4.78, 5) is 12.4. The number of methoxy groups -OCH3 is 1. The number of carbonyl (C=O) groups is 1. The fraction of sp³-hybridized carbons (Fsp3) is 0.118. The van der Waals surface area contributed by atoms with E-state index in [1.807, 2.05) is 19.1 Å². The molecule has 6 heteroatoms. The van der Waals surface area contributed by atoms with Crippen molar-refractivity contribution in [3.05, 3.63) is 52.7 Å². The number of ether oxygens (including phenoxy) is 1. The number of benzene rings is 2. The van der Waals surface area contributed by atoms with Crippen LogP contribution in [-0.4, -0.2) is 18.1 Å². The number of fused-ring (bicyclic) bond motifs is 1. The molecule has 0 aliphatic heterocycles. The van der Waals surface area contributed by atoms with Gasteiger partial charge in [0.25, 0.3) is 5.91 Å². The topological polar surface area (TPSA) is 71.7 Å². The number of halogens is 1. The van der Waals surface area contributed by atoms with Crippen LogP contribution in [0.15, 0.2) is 40.8 Å². The van der Waals surface area contributed by atoms with Crippen molar-refractivity contribution in [1.29, 1.82) is 0 Å². The number of aromatic hydroxyl groups is 1. The van der Waals surface area contributed by atoms with Gasteiger partial charge in [-0.3, -0.25) is 4.79 Å². The Labute approximate surface area is 137 Å². The monoisotopic (exact) mass is 331 g/mol. The number of phenolic OH excluding ortho intramolecular Hbond substituents is 1. The van der Waals surface area contributed by atoms with Crippen LogP contribution in [0.5, 0.6) is 11.5 Å². The second-order valence-electron chi connectivity index (χ2n) is 5.01. The Morgan fingerprint density at radius 2 is 2.09 bits per heavy atom. The molecule has 5 nitrogen and oxygen atoms in total. The van der Waals surface area contributed by atoms with Crippen LogP contribution in [0.2, 0.25) is 5.02 Å². The van der Waals surface area contributed by atoms with Gasteiger partial charge in [-0.15, -0.1) is 0 Å². The smallest absolute Gasteiger partial charge is 0.291 e. The number of hydrogen-bond donors (Lipinski definition) is 2. The lowest BCUT2D eigenvalue weighted by molar-refractivity contribution is 0.0997. The molecule has 0 spiro atoms. The third-order valence-electron chi connectivity index (χ3n) is 3.56. The minimum Gasteiger partial charge on any atom is -0.506 e. The number of carbonyl (C=O) groups excluding carboxylic acids is 1. The number of rotatable bonds is 3. The van der Waals surface area contributed by atoms with Crippen molar-refractivity contribution in [3.8, 4) is 11.5 Å². The quantitative estimate of drug-likeness (QED) is 0.699. The molecule has 0 bridgehead atoms. The molecule has 0 unspecified atom stereocenters. The molecule has 0 saturated carbocycles. The maximum absolute atomic E-state index is 12.4. The molecule has 0 aliphatic carbocycles. The zero-order chi connectivity index (χ0) is 16.6. The number of amides is 1. The Hall–Kier alpha value is -2.66. The van der Waals surface area contributed by atoms with E-state index in [9.17, 15) is 9.90 Å². The van der Waals surface area contributed by atoms with E-state index in [-0.39, 0.29) is 16.5 Å². The maximum Gasteiger partial charge on any atom is 0.291 e. The molecule has 0 atom stereocenters. The lowest BCUT2D eigenvalue weighted by Gasteiger charge is -2.05. The van der Waals surface area contributed by atoms with E-state index in [4.69, 9.17) is 20.8 Å². The number of para-hydroxylation sites is 1. The molecule has 0 radical (unpaired) electrons. The molecule has 23 heavy (non-hydrogen) atoms. The molecule has 1 heterocycles. The average molecular weight is 332 g/mol. The number of anilines is 1. The summed E-state index contributed by atoms with van der Waals surface area (Å²) in [6.07, 6.45) is 0. The molecular formula is C17H14ClNO4. The SMILES string of the molecule is COc1cccc2c(C)c(C(=O)Nc3ccc(O)c(Cl)c3)oc12. The Kier molecular flexibility index (Phi) is 3.88. The summed E-state index contributed by atoms with van der Waals surface area (Å²) in [6, 6.07) is 9.90. The predicted molar refractivity (Wildman–Crippen MR) is 88.6 cm³/mol. The molecule has 3 aromatic rings. The van der Waals surface area contributed by atoms with Gasteiger partial charge in [0.1, 0.15) is 5.75 Å². The van der Waals surface area contributed by atoms with Gasteiger partial charge in [-0.2, -0.15) is 0 Å². The highest BCUT2D eigenvalue weighted by Crippen LogP contribution is 2.33. The molecule has 0 saturated heterocycles. The molecular weight excluding hydrogens is 318 g/mol. The molecule has 0 fully saturated rings. The molecule has 118 valence electrons. The molecule has 1 amide bonds. The standard InChI is InChI=1S/C17H14ClNO4/c1-9-11-4-3-5-14(22-2)16(11)23-15(9)17(21)19-10-6-7-13(20)12(18)8-10/h3-8,20H,1-2H3,(H,19,21). The molecule has 2 N–H and O–H groups in total. The predicted octanol–water partition coefficient (Wildman–Crippen LogP) is 4.36. The first-order valence-corrected chi connectivity index (χ1v) is 7.25.